The molecule has 0 saturated heterocycles. The fraction of sp³-hybridized carbons (Fsp3) is 0.235. The van der Waals surface area contributed by atoms with Crippen LogP contribution < -0.4 is 4.74 Å². The third-order valence-electron chi connectivity index (χ3n) is 3.41. The summed E-state index contributed by atoms with van der Waals surface area (Å²) in [5.74, 6) is 0.413. The van der Waals surface area contributed by atoms with E-state index in [1.807, 2.05) is 12.1 Å². The Labute approximate surface area is 143 Å². The Kier molecular flexibility index (Phi) is 4.98. The molecule has 0 unspecified atom stereocenters. The van der Waals surface area contributed by atoms with Crippen molar-refractivity contribution in [2.75, 3.05) is 6.61 Å². The van der Waals surface area contributed by atoms with Gasteiger partial charge in [-0.05, 0) is 32.0 Å². The van der Waals surface area contributed by atoms with Gasteiger partial charge < -0.3 is 14.0 Å². The van der Waals surface area contributed by atoms with Gasteiger partial charge in [0.2, 0.25) is 5.88 Å². The van der Waals surface area contributed by atoms with E-state index in [-0.39, 0.29) is 24.8 Å². The highest BCUT2D eigenvalue weighted by molar-refractivity contribution is 5.86. The van der Waals surface area contributed by atoms with Crippen LogP contribution in [0.2, 0.25) is 0 Å². The second kappa shape index (κ2) is 7.52. The van der Waals surface area contributed by atoms with Crippen LogP contribution in [-0.2, 0) is 11.3 Å². The summed E-state index contributed by atoms with van der Waals surface area (Å²) >= 11 is 0. The number of hydrogen-bond donors (Lipinski definition) is 0. The van der Waals surface area contributed by atoms with Gasteiger partial charge in [0.25, 0.3) is 0 Å². The minimum Gasteiger partial charge on any atom is -0.472 e. The third kappa shape index (κ3) is 3.79. The normalized spacial score (nSPS) is 10.5. The molecule has 0 fully saturated rings. The molecule has 0 N–H and O–H groups in total. The van der Waals surface area contributed by atoms with Crippen molar-refractivity contribution < 1.29 is 18.8 Å². The molecule has 8 nitrogen and oxygen atoms in total. The number of ether oxygens (including phenoxy) is 2. The molecule has 25 heavy (non-hydrogen) atoms. The van der Waals surface area contributed by atoms with Crippen molar-refractivity contribution in [3.05, 3.63) is 53.7 Å². The maximum Gasteiger partial charge on any atom is 0.358 e. The van der Waals surface area contributed by atoms with Crippen molar-refractivity contribution >= 4 is 5.97 Å². The van der Waals surface area contributed by atoms with Gasteiger partial charge >= 0.3 is 5.97 Å². The Morgan fingerprint density at radius 1 is 1.24 bits per heavy atom. The van der Waals surface area contributed by atoms with E-state index in [0.717, 1.165) is 11.1 Å². The molecule has 3 heterocycles. The van der Waals surface area contributed by atoms with Crippen molar-refractivity contribution in [3.63, 3.8) is 0 Å². The number of aryl methyl sites for hydroxylation is 1. The van der Waals surface area contributed by atoms with Crippen LogP contribution in [0.15, 0.2) is 41.2 Å². The summed E-state index contributed by atoms with van der Waals surface area (Å²) < 4.78 is 15.8. The fourth-order valence-corrected chi connectivity index (χ4v) is 2.15. The predicted octanol–water partition coefficient (Wildman–Crippen LogP) is 2.59. The molecule has 0 aromatic carbocycles. The average Bonchev–Trinajstić information content (AvgIpc) is 3.02. The Hall–Kier alpha value is -3.29. The Bertz CT molecular complexity index is 847. The first-order valence-electron chi connectivity index (χ1n) is 7.68. The van der Waals surface area contributed by atoms with E-state index in [0.29, 0.717) is 11.5 Å². The number of carbonyl (C=O) groups is 1. The minimum atomic E-state index is -0.518. The van der Waals surface area contributed by atoms with Crippen LogP contribution in [0.25, 0.3) is 11.3 Å². The van der Waals surface area contributed by atoms with Gasteiger partial charge in [0.05, 0.1) is 12.2 Å². The summed E-state index contributed by atoms with van der Waals surface area (Å²) in [5, 5.41) is 11.7. The van der Waals surface area contributed by atoms with Crippen molar-refractivity contribution in [2.24, 2.45) is 0 Å². The molecule has 0 aliphatic heterocycles. The second-order valence-corrected chi connectivity index (χ2v) is 5.07. The topological polar surface area (TPSA) is 100 Å². The fourth-order valence-electron chi connectivity index (χ4n) is 2.15. The molecule has 8 heteroatoms. The maximum atomic E-state index is 11.6. The summed E-state index contributed by atoms with van der Waals surface area (Å²) in [5.41, 5.74) is 2.43. The van der Waals surface area contributed by atoms with Crippen LogP contribution >= 0.6 is 0 Å². The molecule has 128 valence electrons. The number of nitrogens with zero attached hydrogens (tertiary/aromatic N) is 4. The van der Waals surface area contributed by atoms with E-state index < -0.39 is 5.97 Å². The number of esters is 1. The first kappa shape index (κ1) is 16.6. The molecule has 0 amide bonds. The van der Waals surface area contributed by atoms with Crippen molar-refractivity contribution in [1.82, 2.24) is 20.3 Å². The first-order valence-corrected chi connectivity index (χ1v) is 7.68. The number of carbonyl (C=O) groups excluding carboxylic acids is 1. The van der Waals surface area contributed by atoms with Crippen molar-refractivity contribution in [1.29, 1.82) is 0 Å². The molecule has 0 bridgehead atoms. The van der Waals surface area contributed by atoms with Gasteiger partial charge in [0, 0.05) is 24.0 Å². The van der Waals surface area contributed by atoms with Crippen LogP contribution in [0.1, 0.15) is 28.7 Å². The van der Waals surface area contributed by atoms with E-state index in [9.17, 15) is 4.79 Å². The molecule has 0 atom stereocenters. The quantitative estimate of drug-likeness (QED) is 0.631. The van der Waals surface area contributed by atoms with Gasteiger partial charge in [-0.2, -0.15) is 0 Å². The minimum absolute atomic E-state index is 0.131. The smallest absolute Gasteiger partial charge is 0.358 e. The summed E-state index contributed by atoms with van der Waals surface area (Å²) in [6.45, 7) is 4.01. The zero-order chi connectivity index (χ0) is 17.6. The highest BCUT2D eigenvalue weighted by Crippen LogP contribution is 2.25. The molecule has 0 aliphatic carbocycles. The average molecular weight is 340 g/mol. The molecule has 0 saturated carbocycles. The SMILES string of the molecule is CCOC(=O)c1ccc(OCc2c(-c3cccnc3)noc2C)nn1. The van der Waals surface area contributed by atoms with Gasteiger partial charge in [-0.1, -0.05) is 5.16 Å². The van der Waals surface area contributed by atoms with Gasteiger partial charge in [-0.25, -0.2) is 4.79 Å². The predicted molar refractivity (Wildman–Crippen MR) is 86.8 cm³/mol. The van der Waals surface area contributed by atoms with Crippen LogP contribution in [0, 0.1) is 6.92 Å². The van der Waals surface area contributed by atoms with Gasteiger partial charge in [0.1, 0.15) is 18.1 Å². The summed E-state index contributed by atoms with van der Waals surface area (Å²) in [6.07, 6.45) is 3.39. The van der Waals surface area contributed by atoms with Gasteiger partial charge in [0.15, 0.2) is 5.69 Å². The van der Waals surface area contributed by atoms with E-state index in [1.165, 1.54) is 6.07 Å². The highest BCUT2D eigenvalue weighted by atomic mass is 16.5. The summed E-state index contributed by atoms with van der Waals surface area (Å²) in [4.78, 5) is 15.6. The van der Waals surface area contributed by atoms with E-state index in [1.54, 1.807) is 32.3 Å². The standard InChI is InChI=1S/C17H16N4O4/c1-3-23-17(22)14-6-7-15(20-19-14)24-10-13-11(2)25-21-16(13)12-5-4-8-18-9-12/h4-9H,3,10H2,1-2H3. The van der Waals surface area contributed by atoms with Crippen LogP contribution in [-0.4, -0.2) is 32.9 Å². The lowest BCUT2D eigenvalue weighted by Crippen LogP contribution is -2.08. The largest absolute Gasteiger partial charge is 0.472 e. The van der Waals surface area contributed by atoms with Crippen molar-refractivity contribution in [2.45, 2.75) is 20.5 Å². The third-order valence-corrected chi connectivity index (χ3v) is 3.41. The molecule has 0 spiro atoms. The zero-order valence-corrected chi connectivity index (χ0v) is 13.8. The second-order valence-electron chi connectivity index (χ2n) is 5.07. The van der Waals surface area contributed by atoms with Crippen molar-refractivity contribution in [3.8, 4) is 17.1 Å². The summed E-state index contributed by atoms with van der Waals surface area (Å²) in [7, 11) is 0. The molecule has 0 aliphatic rings. The number of pyridine rings is 1. The lowest BCUT2D eigenvalue weighted by molar-refractivity contribution is 0.0518. The van der Waals surface area contributed by atoms with E-state index >= 15 is 0 Å². The first-order chi connectivity index (χ1) is 12.2. The molecule has 3 aromatic heterocycles. The van der Waals surface area contributed by atoms with E-state index in [4.69, 9.17) is 14.0 Å². The van der Waals surface area contributed by atoms with Gasteiger partial charge in [-0.3, -0.25) is 4.98 Å². The van der Waals surface area contributed by atoms with Crippen LogP contribution in [0.3, 0.4) is 0 Å². The Balaban J connectivity index is 1.72. The maximum absolute atomic E-state index is 11.6. The molecule has 3 aromatic rings. The summed E-state index contributed by atoms with van der Waals surface area (Å²) in [6, 6.07) is 6.78. The molecule has 3 rings (SSSR count). The monoisotopic (exact) mass is 340 g/mol. The number of aromatic nitrogens is 4. The Morgan fingerprint density at radius 3 is 2.80 bits per heavy atom. The lowest BCUT2D eigenvalue weighted by atomic mass is 10.1. The van der Waals surface area contributed by atoms with Gasteiger partial charge in [-0.15, -0.1) is 10.2 Å². The van der Waals surface area contributed by atoms with Crippen LogP contribution in [0.4, 0.5) is 0 Å². The molecular formula is C17H16N4O4. The zero-order valence-electron chi connectivity index (χ0n) is 13.8. The number of rotatable bonds is 6. The van der Waals surface area contributed by atoms with Crippen LogP contribution in [0.5, 0.6) is 5.88 Å². The van der Waals surface area contributed by atoms with E-state index in [2.05, 4.69) is 20.3 Å². The highest BCUT2D eigenvalue weighted by Gasteiger charge is 2.16. The molecular weight excluding hydrogens is 324 g/mol. The lowest BCUT2D eigenvalue weighted by Gasteiger charge is -2.06. The number of hydrogen-bond acceptors (Lipinski definition) is 8. The Morgan fingerprint density at radius 2 is 2.12 bits per heavy atom. The molecule has 0 radical (unpaired) electrons.